The molecular weight excluding hydrogens is 246 g/mol. The van der Waals surface area contributed by atoms with Gasteiger partial charge in [0.25, 0.3) is 0 Å². The van der Waals surface area contributed by atoms with Crippen molar-refractivity contribution in [2.45, 2.75) is 0 Å². The van der Waals surface area contributed by atoms with Crippen molar-refractivity contribution < 1.29 is 19.7 Å². The summed E-state index contributed by atoms with van der Waals surface area (Å²) in [6, 6.07) is 11.9. The number of phenolic OH excluding ortho intramolecular Hbond substituents is 1. The molecule has 0 radical (unpaired) electrons. The molecule has 5 heteroatoms. The van der Waals surface area contributed by atoms with Crippen LogP contribution in [0.3, 0.4) is 0 Å². The van der Waals surface area contributed by atoms with Crippen LogP contribution in [0.2, 0.25) is 0 Å². The molecule has 19 heavy (non-hydrogen) atoms. The minimum Gasteiger partial charge on any atom is -0.504 e. The SMILES string of the molecule is COc1ccc(-c2ccccc2NC(=O)O)cc1O. The van der Waals surface area contributed by atoms with Crippen molar-refractivity contribution in [2.24, 2.45) is 0 Å². The molecule has 98 valence electrons. The molecule has 0 spiro atoms. The minimum absolute atomic E-state index is 0.00475. The zero-order valence-electron chi connectivity index (χ0n) is 10.3. The van der Waals surface area contributed by atoms with Gasteiger partial charge < -0.3 is 14.9 Å². The van der Waals surface area contributed by atoms with Crippen LogP contribution in [0.1, 0.15) is 0 Å². The van der Waals surface area contributed by atoms with E-state index in [-0.39, 0.29) is 5.75 Å². The summed E-state index contributed by atoms with van der Waals surface area (Å²) >= 11 is 0. The van der Waals surface area contributed by atoms with Gasteiger partial charge in [-0.1, -0.05) is 24.3 Å². The van der Waals surface area contributed by atoms with Crippen LogP contribution in [0.15, 0.2) is 42.5 Å². The number of methoxy groups -OCH3 is 1. The molecule has 2 aromatic rings. The molecule has 2 rings (SSSR count). The first kappa shape index (κ1) is 12.8. The lowest BCUT2D eigenvalue weighted by atomic mass is 10.0. The Morgan fingerprint density at radius 3 is 2.58 bits per heavy atom. The van der Waals surface area contributed by atoms with Crippen LogP contribution in [0.4, 0.5) is 10.5 Å². The number of phenols is 1. The number of ether oxygens (including phenoxy) is 1. The molecule has 5 nitrogen and oxygen atoms in total. The van der Waals surface area contributed by atoms with Gasteiger partial charge in [0.1, 0.15) is 0 Å². The maximum atomic E-state index is 10.7. The number of amides is 1. The second-order valence-corrected chi connectivity index (χ2v) is 3.86. The molecule has 0 bridgehead atoms. The van der Waals surface area contributed by atoms with Crippen molar-refractivity contribution in [2.75, 3.05) is 12.4 Å². The zero-order valence-corrected chi connectivity index (χ0v) is 10.3. The quantitative estimate of drug-likeness (QED) is 0.791. The fourth-order valence-corrected chi connectivity index (χ4v) is 1.82. The van der Waals surface area contributed by atoms with Crippen LogP contribution in [-0.4, -0.2) is 23.4 Å². The predicted octanol–water partition coefficient (Wildman–Crippen LogP) is 3.16. The van der Waals surface area contributed by atoms with E-state index in [1.165, 1.54) is 13.2 Å². The molecule has 0 heterocycles. The number of anilines is 1. The summed E-state index contributed by atoms with van der Waals surface area (Å²) in [6.07, 6.45) is -1.13. The Bertz CT molecular complexity index is 610. The van der Waals surface area contributed by atoms with Crippen molar-refractivity contribution >= 4 is 11.8 Å². The number of nitrogens with one attached hydrogen (secondary N) is 1. The maximum Gasteiger partial charge on any atom is 0.409 e. The van der Waals surface area contributed by atoms with Crippen LogP contribution in [0.25, 0.3) is 11.1 Å². The lowest BCUT2D eigenvalue weighted by Gasteiger charge is -2.10. The van der Waals surface area contributed by atoms with E-state index >= 15 is 0 Å². The Labute approximate surface area is 110 Å². The van der Waals surface area contributed by atoms with Crippen LogP contribution in [0, 0.1) is 0 Å². The summed E-state index contributed by atoms with van der Waals surface area (Å²) in [7, 11) is 1.47. The molecular formula is C14H13NO4. The van der Waals surface area contributed by atoms with E-state index in [1.54, 1.807) is 36.4 Å². The summed E-state index contributed by atoms with van der Waals surface area (Å²) in [4.78, 5) is 10.7. The number of para-hydroxylation sites is 1. The van der Waals surface area contributed by atoms with Gasteiger partial charge in [-0.05, 0) is 23.8 Å². The van der Waals surface area contributed by atoms with E-state index in [2.05, 4.69) is 5.32 Å². The smallest absolute Gasteiger partial charge is 0.409 e. The van der Waals surface area contributed by atoms with Crippen molar-refractivity contribution in [1.82, 2.24) is 0 Å². The Balaban J connectivity index is 2.46. The van der Waals surface area contributed by atoms with Gasteiger partial charge in [-0.15, -0.1) is 0 Å². The molecule has 0 aliphatic heterocycles. The number of carboxylic acid groups (broad SMARTS) is 1. The zero-order chi connectivity index (χ0) is 13.8. The van der Waals surface area contributed by atoms with Gasteiger partial charge in [0.15, 0.2) is 11.5 Å². The Morgan fingerprint density at radius 1 is 1.21 bits per heavy atom. The fraction of sp³-hybridized carbons (Fsp3) is 0.0714. The third kappa shape index (κ3) is 2.77. The second kappa shape index (κ2) is 5.30. The maximum absolute atomic E-state index is 10.7. The molecule has 3 N–H and O–H groups in total. The minimum atomic E-state index is -1.13. The van der Waals surface area contributed by atoms with E-state index in [1.807, 2.05) is 0 Å². The second-order valence-electron chi connectivity index (χ2n) is 3.86. The molecule has 2 aromatic carbocycles. The van der Waals surface area contributed by atoms with Gasteiger partial charge in [0.05, 0.1) is 12.8 Å². The third-order valence-corrected chi connectivity index (χ3v) is 2.66. The Morgan fingerprint density at radius 2 is 1.95 bits per heavy atom. The number of benzene rings is 2. The Kier molecular flexibility index (Phi) is 3.56. The monoisotopic (exact) mass is 259 g/mol. The molecule has 0 fully saturated rings. The van der Waals surface area contributed by atoms with Gasteiger partial charge in [-0.25, -0.2) is 4.79 Å². The summed E-state index contributed by atoms with van der Waals surface area (Å²) in [5.74, 6) is 0.373. The third-order valence-electron chi connectivity index (χ3n) is 2.66. The topological polar surface area (TPSA) is 78.8 Å². The largest absolute Gasteiger partial charge is 0.504 e. The average molecular weight is 259 g/mol. The van der Waals surface area contributed by atoms with Gasteiger partial charge in [-0.3, -0.25) is 5.32 Å². The molecule has 1 amide bonds. The lowest BCUT2D eigenvalue weighted by molar-refractivity contribution is 0.210. The molecule has 0 atom stereocenters. The highest BCUT2D eigenvalue weighted by Crippen LogP contribution is 2.34. The van der Waals surface area contributed by atoms with Crippen molar-refractivity contribution in [3.8, 4) is 22.6 Å². The molecule has 0 aliphatic rings. The van der Waals surface area contributed by atoms with Gasteiger partial charge in [0, 0.05) is 5.56 Å². The van der Waals surface area contributed by atoms with Crippen LogP contribution in [-0.2, 0) is 0 Å². The molecule has 0 aromatic heterocycles. The highest BCUT2D eigenvalue weighted by Gasteiger charge is 2.09. The standard InChI is InChI=1S/C14H13NO4/c1-19-13-7-6-9(8-12(13)16)10-4-2-3-5-11(10)15-14(17)18/h2-8,15-16H,1H3,(H,17,18). The Hall–Kier alpha value is -2.69. The van der Waals surface area contributed by atoms with Crippen molar-refractivity contribution in [3.63, 3.8) is 0 Å². The highest BCUT2D eigenvalue weighted by molar-refractivity contribution is 5.90. The molecule has 0 saturated heterocycles. The number of aromatic hydroxyl groups is 1. The van der Waals surface area contributed by atoms with E-state index in [0.717, 1.165) is 0 Å². The van der Waals surface area contributed by atoms with E-state index < -0.39 is 6.09 Å². The number of carbonyl (C=O) groups is 1. The van der Waals surface area contributed by atoms with E-state index in [4.69, 9.17) is 9.84 Å². The normalized spacial score (nSPS) is 9.95. The number of hydrogen-bond acceptors (Lipinski definition) is 3. The van der Waals surface area contributed by atoms with Gasteiger partial charge in [0.2, 0.25) is 0 Å². The lowest BCUT2D eigenvalue weighted by Crippen LogP contribution is -2.08. The van der Waals surface area contributed by atoms with Gasteiger partial charge >= 0.3 is 6.09 Å². The van der Waals surface area contributed by atoms with Crippen molar-refractivity contribution in [1.29, 1.82) is 0 Å². The van der Waals surface area contributed by atoms with E-state index in [0.29, 0.717) is 22.6 Å². The predicted molar refractivity (Wildman–Crippen MR) is 71.7 cm³/mol. The van der Waals surface area contributed by atoms with Crippen LogP contribution in [0.5, 0.6) is 11.5 Å². The molecule has 0 saturated carbocycles. The highest BCUT2D eigenvalue weighted by atomic mass is 16.5. The first-order valence-corrected chi connectivity index (χ1v) is 5.58. The average Bonchev–Trinajstić information content (AvgIpc) is 2.38. The van der Waals surface area contributed by atoms with E-state index in [9.17, 15) is 9.90 Å². The van der Waals surface area contributed by atoms with Gasteiger partial charge in [-0.2, -0.15) is 0 Å². The summed E-state index contributed by atoms with van der Waals surface area (Å²) in [6.45, 7) is 0. The van der Waals surface area contributed by atoms with Crippen LogP contribution >= 0.6 is 0 Å². The summed E-state index contributed by atoms with van der Waals surface area (Å²) < 4.78 is 4.97. The van der Waals surface area contributed by atoms with Crippen LogP contribution < -0.4 is 10.1 Å². The number of hydrogen-bond donors (Lipinski definition) is 3. The number of rotatable bonds is 3. The molecule has 0 unspecified atom stereocenters. The first-order valence-electron chi connectivity index (χ1n) is 5.58. The fourth-order valence-electron chi connectivity index (χ4n) is 1.82. The summed E-state index contributed by atoms with van der Waals surface area (Å²) in [5, 5.41) is 20.9. The van der Waals surface area contributed by atoms with Crippen molar-refractivity contribution in [3.05, 3.63) is 42.5 Å². The summed E-state index contributed by atoms with van der Waals surface area (Å²) in [5.41, 5.74) is 1.84. The molecule has 0 aliphatic carbocycles. The first-order chi connectivity index (χ1) is 9.11.